The largest absolute Gasteiger partial charge is 0.416 e. The molecule has 0 N–H and O–H groups in total. The summed E-state index contributed by atoms with van der Waals surface area (Å²) in [6.07, 6.45) is -2.76. The Morgan fingerprint density at radius 2 is 1.89 bits per heavy atom. The Bertz CT molecular complexity index is 502. The second-order valence-corrected chi connectivity index (χ2v) is 4.42. The minimum Gasteiger partial charge on any atom is -0.387 e. The van der Waals surface area contributed by atoms with Crippen LogP contribution in [0.3, 0.4) is 0 Å². The molecule has 0 saturated heterocycles. The molecule has 0 aromatic heterocycles. The minimum absolute atomic E-state index is 0.165. The summed E-state index contributed by atoms with van der Waals surface area (Å²) in [6.45, 7) is 5.93. The normalized spacial score (nSPS) is 19.3. The molecule has 0 fully saturated rings. The van der Waals surface area contributed by atoms with Crippen molar-refractivity contribution < 1.29 is 18.0 Å². The number of hydrogen-bond donors (Lipinski definition) is 0. The fraction of sp³-hybridized carbons (Fsp3) is 0.357. The molecule has 2 rings (SSSR count). The molecule has 0 amide bonds. The summed E-state index contributed by atoms with van der Waals surface area (Å²) in [4.78, 5) is 5.24. The number of benzene rings is 1. The number of rotatable bonds is 3. The topological polar surface area (TPSA) is 21.6 Å². The Morgan fingerprint density at radius 3 is 2.42 bits per heavy atom. The van der Waals surface area contributed by atoms with Crippen LogP contribution in [-0.2, 0) is 11.0 Å². The summed E-state index contributed by atoms with van der Waals surface area (Å²) < 4.78 is 37.4. The number of alkyl halides is 3. The van der Waals surface area contributed by atoms with Crippen LogP contribution in [0.4, 0.5) is 13.2 Å². The predicted molar refractivity (Wildman–Crippen MR) is 66.9 cm³/mol. The van der Waals surface area contributed by atoms with Crippen LogP contribution in [0.5, 0.6) is 0 Å². The van der Waals surface area contributed by atoms with Crippen molar-refractivity contribution in [3.63, 3.8) is 0 Å². The lowest BCUT2D eigenvalue weighted by molar-refractivity contribution is -0.137. The maximum Gasteiger partial charge on any atom is 0.416 e. The quantitative estimate of drug-likeness (QED) is 0.807. The summed E-state index contributed by atoms with van der Waals surface area (Å²) in [5.74, 6) is 0. The number of hydrogen-bond acceptors (Lipinski definition) is 2. The zero-order chi connectivity index (χ0) is 14.0. The van der Waals surface area contributed by atoms with Crippen molar-refractivity contribution in [1.82, 2.24) is 0 Å². The van der Waals surface area contributed by atoms with E-state index in [-0.39, 0.29) is 6.10 Å². The van der Waals surface area contributed by atoms with Gasteiger partial charge in [-0.3, -0.25) is 0 Å². The van der Waals surface area contributed by atoms with Crippen molar-refractivity contribution in [3.8, 4) is 0 Å². The van der Waals surface area contributed by atoms with E-state index >= 15 is 0 Å². The van der Waals surface area contributed by atoms with Crippen LogP contribution >= 0.6 is 0 Å². The maximum absolute atomic E-state index is 12.5. The fourth-order valence-electron chi connectivity index (χ4n) is 1.94. The zero-order valence-corrected chi connectivity index (χ0v) is 10.5. The molecule has 102 valence electrons. The van der Waals surface area contributed by atoms with Gasteiger partial charge in [0.05, 0.1) is 5.56 Å². The monoisotopic (exact) mass is 269 g/mol. The van der Waals surface area contributed by atoms with E-state index in [0.717, 1.165) is 30.5 Å². The highest BCUT2D eigenvalue weighted by atomic mass is 19.4. The Hall–Kier alpha value is -1.78. The van der Waals surface area contributed by atoms with Gasteiger partial charge < -0.3 is 4.84 Å². The molecule has 1 aliphatic heterocycles. The molecule has 1 atom stereocenters. The summed E-state index contributed by atoms with van der Waals surface area (Å²) in [5, 5.41) is 3.91. The Morgan fingerprint density at radius 1 is 1.26 bits per heavy atom. The lowest BCUT2D eigenvalue weighted by Crippen LogP contribution is -2.12. The third-order valence-electron chi connectivity index (χ3n) is 3.00. The highest BCUT2D eigenvalue weighted by Gasteiger charge is 2.31. The van der Waals surface area contributed by atoms with E-state index in [0.29, 0.717) is 11.3 Å². The minimum atomic E-state index is -4.33. The van der Waals surface area contributed by atoms with Gasteiger partial charge in [-0.25, -0.2) is 0 Å². The van der Waals surface area contributed by atoms with Crippen LogP contribution < -0.4 is 0 Å². The first kappa shape index (κ1) is 13.6. The molecule has 1 unspecified atom stereocenters. The standard InChI is InChI=1S/C14H14F3NO/c1-3-4-12-9(2)13(18-19-12)10-5-7-11(8-6-10)14(15,16)17/h5-8,12H,2-4H2,1H3. The van der Waals surface area contributed by atoms with Gasteiger partial charge in [-0.1, -0.05) is 37.2 Å². The van der Waals surface area contributed by atoms with E-state index in [2.05, 4.69) is 11.7 Å². The molecule has 0 radical (unpaired) electrons. The Balaban J connectivity index is 2.18. The third kappa shape index (κ3) is 2.80. The van der Waals surface area contributed by atoms with Crippen molar-refractivity contribution in [2.45, 2.75) is 32.0 Å². The molecule has 1 heterocycles. The molecule has 0 bridgehead atoms. The lowest BCUT2D eigenvalue weighted by Gasteiger charge is -2.09. The van der Waals surface area contributed by atoms with Crippen molar-refractivity contribution in [2.24, 2.45) is 5.16 Å². The summed E-state index contributed by atoms with van der Waals surface area (Å²) >= 11 is 0. The smallest absolute Gasteiger partial charge is 0.387 e. The van der Waals surface area contributed by atoms with Crippen LogP contribution in [0, 0.1) is 0 Å². The second kappa shape index (κ2) is 5.07. The average Bonchev–Trinajstić information content (AvgIpc) is 2.71. The SMILES string of the molecule is C=C1C(c2ccc(C(F)(F)F)cc2)=NOC1CCC. The first-order chi connectivity index (χ1) is 8.93. The van der Waals surface area contributed by atoms with Gasteiger partial charge in [0.1, 0.15) is 5.71 Å². The van der Waals surface area contributed by atoms with Gasteiger partial charge in [0.2, 0.25) is 0 Å². The fourth-order valence-corrected chi connectivity index (χ4v) is 1.94. The second-order valence-electron chi connectivity index (χ2n) is 4.42. The predicted octanol–water partition coefficient (Wildman–Crippen LogP) is 4.16. The van der Waals surface area contributed by atoms with Gasteiger partial charge in [-0.2, -0.15) is 13.2 Å². The highest BCUT2D eigenvalue weighted by Crippen LogP contribution is 2.30. The summed E-state index contributed by atoms with van der Waals surface area (Å²) in [5.41, 5.74) is 1.18. The van der Waals surface area contributed by atoms with Crippen LogP contribution in [-0.4, -0.2) is 11.8 Å². The van der Waals surface area contributed by atoms with Gasteiger partial charge in [-0.05, 0) is 18.6 Å². The van der Waals surface area contributed by atoms with Gasteiger partial charge in [0.15, 0.2) is 6.10 Å². The van der Waals surface area contributed by atoms with E-state index in [1.54, 1.807) is 0 Å². The maximum atomic E-state index is 12.5. The van der Waals surface area contributed by atoms with Crippen molar-refractivity contribution in [1.29, 1.82) is 0 Å². The number of oxime groups is 1. The number of nitrogens with zero attached hydrogens (tertiary/aromatic N) is 1. The molecule has 5 heteroatoms. The molecule has 19 heavy (non-hydrogen) atoms. The third-order valence-corrected chi connectivity index (χ3v) is 3.00. The van der Waals surface area contributed by atoms with Crippen LogP contribution in [0.25, 0.3) is 0 Å². The molecular weight excluding hydrogens is 255 g/mol. The molecule has 0 spiro atoms. The van der Waals surface area contributed by atoms with Gasteiger partial charge in [0, 0.05) is 11.1 Å². The molecule has 1 aliphatic rings. The van der Waals surface area contributed by atoms with Crippen LogP contribution in [0.1, 0.15) is 30.9 Å². The average molecular weight is 269 g/mol. The van der Waals surface area contributed by atoms with E-state index in [1.165, 1.54) is 12.1 Å². The van der Waals surface area contributed by atoms with E-state index in [1.807, 2.05) is 6.92 Å². The molecule has 0 saturated carbocycles. The molecule has 0 aliphatic carbocycles. The van der Waals surface area contributed by atoms with Crippen molar-refractivity contribution in [3.05, 3.63) is 47.5 Å². The zero-order valence-electron chi connectivity index (χ0n) is 10.5. The van der Waals surface area contributed by atoms with Crippen molar-refractivity contribution in [2.75, 3.05) is 0 Å². The van der Waals surface area contributed by atoms with Crippen LogP contribution in [0.2, 0.25) is 0 Å². The highest BCUT2D eigenvalue weighted by molar-refractivity contribution is 6.13. The van der Waals surface area contributed by atoms with E-state index in [4.69, 9.17) is 4.84 Å². The van der Waals surface area contributed by atoms with Crippen LogP contribution in [0.15, 0.2) is 41.6 Å². The summed E-state index contributed by atoms with van der Waals surface area (Å²) in [7, 11) is 0. The molecule has 2 nitrogen and oxygen atoms in total. The molecular formula is C14H14F3NO. The van der Waals surface area contributed by atoms with E-state index < -0.39 is 11.7 Å². The molecule has 1 aromatic rings. The van der Waals surface area contributed by atoms with Crippen molar-refractivity contribution >= 4 is 5.71 Å². The summed E-state index contributed by atoms with van der Waals surface area (Å²) in [6, 6.07) is 4.87. The Kier molecular flexibility index (Phi) is 3.64. The lowest BCUT2D eigenvalue weighted by atomic mass is 9.97. The Labute approximate surface area is 109 Å². The van der Waals surface area contributed by atoms with Gasteiger partial charge in [0.25, 0.3) is 0 Å². The molecule has 1 aromatic carbocycles. The van der Waals surface area contributed by atoms with E-state index in [9.17, 15) is 13.2 Å². The van der Waals surface area contributed by atoms with Gasteiger partial charge in [-0.15, -0.1) is 0 Å². The first-order valence-corrected chi connectivity index (χ1v) is 6.04. The number of halogens is 3. The first-order valence-electron chi connectivity index (χ1n) is 6.04. The van der Waals surface area contributed by atoms with Gasteiger partial charge >= 0.3 is 6.18 Å².